The Labute approximate surface area is 126 Å². The molecule has 0 spiro atoms. The van der Waals surface area contributed by atoms with Crippen molar-refractivity contribution in [3.05, 3.63) is 39.7 Å². The zero-order chi connectivity index (χ0) is 14.3. The lowest BCUT2D eigenvalue weighted by Crippen LogP contribution is -2.10. The van der Waals surface area contributed by atoms with Crippen LogP contribution in [0.2, 0.25) is 0 Å². The van der Waals surface area contributed by atoms with Gasteiger partial charge in [0.1, 0.15) is 16.3 Å². The van der Waals surface area contributed by atoms with Crippen LogP contribution in [-0.2, 0) is 5.88 Å². The van der Waals surface area contributed by atoms with Gasteiger partial charge in [-0.3, -0.25) is 0 Å². The maximum Gasteiger partial charge on any atom is 0.160 e. The van der Waals surface area contributed by atoms with Gasteiger partial charge < -0.3 is 4.57 Å². The monoisotopic (exact) mass is 306 g/mol. The third kappa shape index (κ3) is 2.11. The number of nitrogens with zero attached hydrogens (tertiary/aromatic N) is 4. The Balaban J connectivity index is 2.21. The van der Waals surface area contributed by atoms with E-state index < -0.39 is 0 Å². The molecule has 0 aliphatic heterocycles. The van der Waals surface area contributed by atoms with Crippen molar-refractivity contribution in [3.63, 3.8) is 0 Å². The summed E-state index contributed by atoms with van der Waals surface area (Å²) in [7, 11) is 0. The summed E-state index contributed by atoms with van der Waals surface area (Å²) in [6.07, 6.45) is 1.81. The fourth-order valence-electron chi connectivity index (χ4n) is 2.33. The van der Waals surface area contributed by atoms with E-state index >= 15 is 0 Å². The third-order valence-electron chi connectivity index (χ3n) is 3.35. The van der Waals surface area contributed by atoms with Gasteiger partial charge in [-0.25, -0.2) is 15.0 Å². The molecule has 0 aliphatic carbocycles. The molecule has 6 heteroatoms. The van der Waals surface area contributed by atoms with Gasteiger partial charge in [0.2, 0.25) is 0 Å². The molecule has 0 saturated heterocycles. The molecule has 3 aromatic heterocycles. The Morgan fingerprint density at radius 1 is 1.35 bits per heavy atom. The highest BCUT2D eigenvalue weighted by Crippen LogP contribution is 2.28. The molecule has 0 saturated carbocycles. The number of thiazole rings is 1. The van der Waals surface area contributed by atoms with Gasteiger partial charge in [0.05, 0.1) is 11.9 Å². The number of rotatable bonds is 3. The molecule has 3 aromatic rings. The van der Waals surface area contributed by atoms with Gasteiger partial charge in [0, 0.05) is 17.3 Å². The second-order valence-electron chi connectivity index (χ2n) is 4.83. The van der Waals surface area contributed by atoms with Crippen molar-refractivity contribution < 1.29 is 0 Å². The molecule has 4 nitrogen and oxygen atoms in total. The highest BCUT2D eigenvalue weighted by molar-refractivity contribution is 7.09. The number of alkyl halides is 1. The average Bonchev–Trinajstić information content (AvgIpc) is 3.02. The molecular weight excluding hydrogens is 292 g/mol. The number of pyridine rings is 1. The molecule has 104 valence electrons. The Bertz CT molecular complexity index is 762. The van der Waals surface area contributed by atoms with Crippen LogP contribution in [0.15, 0.2) is 17.6 Å². The molecule has 3 rings (SSSR count). The Hall–Kier alpha value is -1.46. The zero-order valence-electron chi connectivity index (χ0n) is 11.6. The van der Waals surface area contributed by atoms with Crippen molar-refractivity contribution in [2.75, 3.05) is 0 Å². The largest absolute Gasteiger partial charge is 0.302 e. The first-order chi connectivity index (χ1) is 9.61. The van der Waals surface area contributed by atoms with Gasteiger partial charge in [-0.05, 0) is 32.4 Å². The summed E-state index contributed by atoms with van der Waals surface area (Å²) in [5.74, 6) is 1.20. The minimum Gasteiger partial charge on any atom is -0.302 e. The van der Waals surface area contributed by atoms with Crippen molar-refractivity contribution in [2.24, 2.45) is 0 Å². The van der Waals surface area contributed by atoms with E-state index in [0.29, 0.717) is 5.88 Å². The summed E-state index contributed by atoms with van der Waals surface area (Å²) in [6.45, 7) is 6.15. The molecule has 1 unspecified atom stereocenters. The van der Waals surface area contributed by atoms with Gasteiger partial charge >= 0.3 is 0 Å². The first-order valence-corrected chi connectivity index (χ1v) is 7.83. The van der Waals surface area contributed by atoms with Crippen molar-refractivity contribution in [1.29, 1.82) is 0 Å². The van der Waals surface area contributed by atoms with Gasteiger partial charge in [-0.2, -0.15) is 0 Å². The van der Waals surface area contributed by atoms with Crippen molar-refractivity contribution >= 4 is 34.1 Å². The number of aryl methyl sites for hydroxylation is 2. The molecular formula is C14H15ClN4S. The quantitative estimate of drug-likeness (QED) is 0.690. The summed E-state index contributed by atoms with van der Waals surface area (Å²) in [4.78, 5) is 13.7. The van der Waals surface area contributed by atoms with Crippen LogP contribution in [0, 0.1) is 13.8 Å². The lowest BCUT2D eigenvalue weighted by Gasteiger charge is -2.13. The van der Waals surface area contributed by atoms with Crippen LogP contribution in [0.25, 0.3) is 11.2 Å². The Kier molecular flexibility index (Phi) is 3.48. The SMILES string of the molecule is Cc1csc(C(C)n2c(CCl)nc3c(C)ccnc32)n1. The van der Waals surface area contributed by atoms with Crippen LogP contribution in [-0.4, -0.2) is 19.5 Å². The van der Waals surface area contributed by atoms with Crippen LogP contribution in [0.1, 0.15) is 35.1 Å². The summed E-state index contributed by atoms with van der Waals surface area (Å²) in [6, 6.07) is 2.05. The van der Waals surface area contributed by atoms with E-state index in [-0.39, 0.29) is 6.04 Å². The Morgan fingerprint density at radius 2 is 2.15 bits per heavy atom. The van der Waals surface area contributed by atoms with Crippen LogP contribution in [0.5, 0.6) is 0 Å². The summed E-state index contributed by atoms with van der Waals surface area (Å²) in [5, 5.41) is 3.11. The molecule has 0 aliphatic rings. The molecule has 0 aromatic carbocycles. The molecule has 0 fully saturated rings. The van der Waals surface area contributed by atoms with Crippen LogP contribution >= 0.6 is 22.9 Å². The molecule has 1 atom stereocenters. The van der Waals surface area contributed by atoms with E-state index in [2.05, 4.69) is 31.8 Å². The van der Waals surface area contributed by atoms with Gasteiger partial charge in [-0.15, -0.1) is 22.9 Å². The highest BCUT2D eigenvalue weighted by Gasteiger charge is 2.20. The molecule has 0 bridgehead atoms. The molecule has 0 amide bonds. The molecule has 20 heavy (non-hydrogen) atoms. The van der Waals surface area contributed by atoms with Crippen molar-refractivity contribution in [3.8, 4) is 0 Å². The maximum atomic E-state index is 6.06. The van der Waals surface area contributed by atoms with Crippen molar-refractivity contribution in [2.45, 2.75) is 32.7 Å². The fraction of sp³-hybridized carbons (Fsp3) is 0.357. The zero-order valence-corrected chi connectivity index (χ0v) is 13.2. The van der Waals surface area contributed by atoms with Crippen LogP contribution in [0.4, 0.5) is 0 Å². The number of aromatic nitrogens is 4. The minimum absolute atomic E-state index is 0.0850. The minimum atomic E-state index is 0.0850. The summed E-state index contributed by atoms with van der Waals surface area (Å²) >= 11 is 7.72. The standard InChI is InChI=1S/C14H15ClN4S/c1-8-4-5-16-13-12(8)18-11(6-15)19(13)10(3)14-17-9(2)7-20-14/h4-5,7,10H,6H2,1-3H3. The predicted octanol–water partition coefficient (Wildman–Crippen LogP) is 3.85. The van der Waals surface area contributed by atoms with Gasteiger partial charge in [0.25, 0.3) is 0 Å². The van der Waals surface area contributed by atoms with Gasteiger partial charge in [0.15, 0.2) is 5.65 Å². The highest BCUT2D eigenvalue weighted by atomic mass is 35.5. The van der Waals surface area contributed by atoms with E-state index in [1.54, 1.807) is 11.3 Å². The summed E-state index contributed by atoms with van der Waals surface area (Å²) in [5.41, 5.74) is 3.95. The second-order valence-corrected chi connectivity index (χ2v) is 5.99. The van der Waals surface area contributed by atoms with Crippen LogP contribution in [0.3, 0.4) is 0 Å². The van der Waals surface area contributed by atoms with Gasteiger partial charge in [-0.1, -0.05) is 0 Å². The van der Waals surface area contributed by atoms with Crippen LogP contribution < -0.4 is 0 Å². The number of fused-ring (bicyclic) bond motifs is 1. The molecule has 0 radical (unpaired) electrons. The van der Waals surface area contributed by atoms with Crippen molar-refractivity contribution in [1.82, 2.24) is 19.5 Å². The van der Waals surface area contributed by atoms with E-state index in [9.17, 15) is 0 Å². The number of halogens is 1. The average molecular weight is 307 g/mol. The summed E-state index contributed by atoms with van der Waals surface area (Å²) < 4.78 is 2.09. The normalized spacial score (nSPS) is 13.0. The fourth-order valence-corrected chi connectivity index (χ4v) is 3.36. The predicted molar refractivity (Wildman–Crippen MR) is 82.5 cm³/mol. The maximum absolute atomic E-state index is 6.06. The lowest BCUT2D eigenvalue weighted by molar-refractivity contribution is 0.624. The number of hydrogen-bond donors (Lipinski definition) is 0. The Morgan fingerprint density at radius 3 is 2.80 bits per heavy atom. The first kappa shape index (κ1) is 13.5. The van der Waals surface area contributed by atoms with E-state index in [1.807, 2.05) is 26.1 Å². The molecule has 3 heterocycles. The smallest absolute Gasteiger partial charge is 0.160 e. The second kappa shape index (κ2) is 5.14. The lowest BCUT2D eigenvalue weighted by atomic mass is 10.2. The van der Waals surface area contributed by atoms with E-state index in [1.165, 1.54) is 0 Å². The molecule has 0 N–H and O–H groups in total. The first-order valence-electron chi connectivity index (χ1n) is 6.42. The number of imidazole rings is 1. The third-order valence-corrected chi connectivity index (χ3v) is 4.73. The number of hydrogen-bond acceptors (Lipinski definition) is 4. The van der Waals surface area contributed by atoms with E-state index in [0.717, 1.165) is 33.3 Å². The van der Waals surface area contributed by atoms with E-state index in [4.69, 9.17) is 11.6 Å². The topological polar surface area (TPSA) is 43.6 Å².